The van der Waals surface area contributed by atoms with Crippen molar-refractivity contribution >= 4 is 0 Å². The number of aryl methyl sites for hydroxylation is 3. The van der Waals surface area contributed by atoms with Gasteiger partial charge in [0.1, 0.15) is 7.05 Å². The van der Waals surface area contributed by atoms with E-state index in [0.29, 0.717) is 0 Å². The van der Waals surface area contributed by atoms with Gasteiger partial charge < -0.3 is 0 Å². The fourth-order valence-electron chi connectivity index (χ4n) is 2.47. The van der Waals surface area contributed by atoms with Crippen LogP contribution in [0.2, 0.25) is 0 Å². The SMILES string of the molecule is CCc1ccc(C)c(-c2cc(C(C)(C)C)cc[n+]2C)c1. The van der Waals surface area contributed by atoms with Crippen molar-refractivity contribution in [3.63, 3.8) is 0 Å². The summed E-state index contributed by atoms with van der Waals surface area (Å²) >= 11 is 0. The Morgan fingerprint density at radius 1 is 1.05 bits per heavy atom. The van der Waals surface area contributed by atoms with Gasteiger partial charge in [0.05, 0.1) is 0 Å². The van der Waals surface area contributed by atoms with Crippen LogP contribution in [0.15, 0.2) is 36.5 Å². The van der Waals surface area contributed by atoms with E-state index in [0.717, 1.165) is 6.42 Å². The molecule has 0 radical (unpaired) electrons. The van der Waals surface area contributed by atoms with E-state index in [2.05, 4.69) is 82.8 Å². The first-order valence-electron chi connectivity index (χ1n) is 7.43. The molecule has 0 saturated heterocycles. The Bertz CT molecular complexity index is 618. The standard InChI is InChI=1S/C19H26N/c1-7-15-9-8-14(2)17(12-15)18-13-16(19(3,4)5)10-11-20(18)6/h8-13H,7H2,1-6H3/q+1. The topological polar surface area (TPSA) is 3.88 Å². The van der Waals surface area contributed by atoms with Gasteiger partial charge in [0.15, 0.2) is 6.20 Å². The van der Waals surface area contributed by atoms with Crippen LogP contribution in [0.3, 0.4) is 0 Å². The van der Waals surface area contributed by atoms with Gasteiger partial charge in [-0.1, -0.05) is 39.8 Å². The molecule has 0 spiro atoms. The Balaban J connectivity index is 2.63. The van der Waals surface area contributed by atoms with Crippen LogP contribution in [-0.2, 0) is 18.9 Å². The van der Waals surface area contributed by atoms with Gasteiger partial charge in [-0.15, -0.1) is 0 Å². The van der Waals surface area contributed by atoms with Crippen molar-refractivity contribution in [2.24, 2.45) is 7.05 Å². The fraction of sp³-hybridized carbons (Fsp3) is 0.421. The smallest absolute Gasteiger partial charge is 0.201 e. The zero-order valence-electron chi connectivity index (χ0n) is 13.6. The minimum Gasteiger partial charge on any atom is -0.201 e. The van der Waals surface area contributed by atoms with Gasteiger partial charge in [0.2, 0.25) is 5.69 Å². The summed E-state index contributed by atoms with van der Waals surface area (Å²) < 4.78 is 2.22. The summed E-state index contributed by atoms with van der Waals surface area (Å²) in [5, 5.41) is 0. The van der Waals surface area contributed by atoms with E-state index >= 15 is 0 Å². The molecule has 0 aliphatic carbocycles. The summed E-state index contributed by atoms with van der Waals surface area (Å²) in [6.45, 7) is 11.2. The molecule has 0 aliphatic rings. The minimum atomic E-state index is 0.180. The molecule has 0 atom stereocenters. The molecular weight excluding hydrogens is 242 g/mol. The van der Waals surface area contributed by atoms with Gasteiger partial charge in [-0.3, -0.25) is 0 Å². The van der Waals surface area contributed by atoms with Crippen LogP contribution in [0, 0.1) is 6.92 Å². The summed E-state index contributed by atoms with van der Waals surface area (Å²) in [5.74, 6) is 0. The molecule has 106 valence electrons. The number of benzene rings is 1. The second-order valence-corrected chi connectivity index (χ2v) is 6.66. The molecule has 2 rings (SSSR count). The van der Waals surface area contributed by atoms with E-state index < -0.39 is 0 Å². The summed E-state index contributed by atoms with van der Waals surface area (Å²) in [4.78, 5) is 0. The molecule has 2 aromatic rings. The van der Waals surface area contributed by atoms with E-state index in [1.165, 1.54) is 27.9 Å². The molecule has 1 heteroatoms. The molecule has 0 saturated carbocycles. The number of pyridine rings is 1. The molecule has 0 unspecified atom stereocenters. The lowest BCUT2D eigenvalue weighted by atomic mass is 9.86. The van der Waals surface area contributed by atoms with E-state index in [1.807, 2.05) is 0 Å². The first kappa shape index (κ1) is 14.8. The monoisotopic (exact) mass is 268 g/mol. The van der Waals surface area contributed by atoms with E-state index in [4.69, 9.17) is 0 Å². The van der Waals surface area contributed by atoms with Gasteiger partial charge in [-0.25, -0.2) is 4.57 Å². The zero-order chi connectivity index (χ0) is 14.9. The van der Waals surface area contributed by atoms with E-state index in [1.54, 1.807) is 0 Å². The van der Waals surface area contributed by atoms with Gasteiger partial charge >= 0.3 is 0 Å². The molecule has 0 amide bonds. The van der Waals surface area contributed by atoms with E-state index in [-0.39, 0.29) is 5.41 Å². The lowest BCUT2D eigenvalue weighted by molar-refractivity contribution is -0.660. The van der Waals surface area contributed by atoms with Crippen LogP contribution in [0.4, 0.5) is 0 Å². The maximum atomic E-state index is 2.34. The van der Waals surface area contributed by atoms with Crippen molar-refractivity contribution in [2.75, 3.05) is 0 Å². The third kappa shape index (κ3) is 2.92. The van der Waals surface area contributed by atoms with Gasteiger partial charge in [0, 0.05) is 17.7 Å². The fourth-order valence-corrected chi connectivity index (χ4v) is 2.47. The third-order valence-electron chi connectivity index (χ3n) is 4.00. The summed E-state index contributed by atoms with van der Waals surface area (Å²) in [6, 6.07) is 11.4. The van der Waals surface area contributed by atoms with Gasteiger partial charge in [0.25, 0.3) is 0 Å². The van der Waals surface area contributed by atoms with Crippen LogP contribution < -0.4 is 4.57 Å². The number of aromatic nitrogens is 1. The van der Waals surface area contributed by atoms with Crippen LogP contribution in [0.5, 0.6) is 0 Å². The third-order valence-corrected chi connectivity index (χ3v) is 4.00. The zero-order valence-corrected chi connectivity index (χ0v) is 13.6. The molecule has 1 nitrogen and oxygen atoms in total. The van der Waals surface area contributed by atoms with Crippen molar-refractivity contribution in [1.29, 1.82) is 0 Å². The number of rotatable bonds is 2. The van der Waals surface area contributed by atoms with Crippen molar-refractivity contribution in [3.05, 3.63) is 53.2 Å². The quantitative estimate of drug-likeness (QED) is 0.713. The largest absolute Gasteiger partial charge is 0.212 e. The number of nitrogens with zero attached hydrogens (tertiary/aromatic N) is 1. The van der Waals surface area contributed by atoms with Crippen LogP contribution in [0.25, 0.3) is 11.3 Å². The molecule has 20 heavy (non-hydrogen) atoms. The molecule has 1 aromatic carbocycles. The highest BCUT2D eigenvalue weighted by Crippen LogP contribution is 2.27. The Morgan fingerprint density at radius 3 is 2.35 bits per heavy atom. The van der Waals surface area contributed by atoms with Crippen LogP contribution in [-0.4, -0.2) is 0 Å². The normalized spacial score (nSPS) is 11.7. The predicted octanol–water partition coefficient (Wildman–Crippen LogP) is 4.35. The van der Waals surface area contributed by atoms with Crippen molar-refractivity contribution < 1.29 is 4.57 Å². The summed E-state index contributed by atoms with van der Waals surface area (Å²) in [6.07, 6.45) is 3.25. The van der Waals surface area contributed by atoms with Crippen LogP contribution in [0.1, 0.15) is 44.4 Å². The molecule has 0 fully saturated rings. The van der Waals surface area contributed by atoms with E-state index in [9.17, 15) is 0 Å². The average Bonchev–Trinajstić information content (AvgIpc) is 2.39. The van der Waals surface area contributed by atoms with Gasteiger partial charge in [-0.2, -0.15) is 0 Å². The maximum Gasteiger partial charge on any atom is 0.212 e. The highest BCUT2D eigenvalue weighted by atomic mass is 14.9. The highest BCUT2D eigenvalue weighted by Gasteiger charge is 2.20. The second kappa shape index (κ2) is 5.40. The lowest BCUT2D eigenvalue weighted by Gasteiger charge is -2.19. The van der Waals surface area contributed by atoms with Crippen molar-refractivity contribution in [2.45, 2.75) is 46.5 Å². The predicted molar refractivity (Wildman–Crippen MR) is 85.9 cm³/mol. The Kier molecular flexibility index (Phi) is 3.99. The highest BCUT2D eigenvalue weighted by molar-refractivity contribution is 5.62. The first-order valence-corrected chi connectivity index (χ1v) is 7.43. The Morgan fingerprint density at radius 2 is 1.75 bits per heavy atom. The average molecular weight is 268 g/mol. The number of hydrogen-bond acceptors (Lipinski definition) is 0. The molecule has 0 aliphatic heterocycles. The minimum absolute atomic E-state index is 0.180. The second-order valence-electron chi connectivity index (χ2n) is 6.66. The Hall–Kier alpha value is -1.63. The molecule has 0 bridgehead atoms. The molecule has 1 aromatic heterocycles. The molecule has 0 N–H and O–H groups in total. The van der Waals surface area contributed by atoms with Crippen LogP contribution >= 0.6 is 0 Å². The number of hydrogen-bond donors (Lipinski definition) is 0. The van der Waals surface area contributed by atoms with Crippen molar-refractivity contribution in [3.8, 4) is 11.3 Å². The lowest BCUT2D eigenvalue weighted by Crippen LogP contribution is -2.31. The van der Waals surface area contributed by atoms with Gasteiger partial charge in [-0.05, 0) is 41.5 Å². The Labute approximate surface area is 123 Å². The summed E-state index contributed by atoms with van der Waals surface area (Å²) in [7, 11) is 2.12. The first-order chi connectivity index (χ1) is 9.32. The maximum absolute atomic E-state index is 2.34. The molecular formula is C19H26N+. The summed E-state index contributed by atoms with van der Waals surface area (Å²) in [5.41, 5.74) is 6.94. The molecule has 1 heterocycles. The van der Waals surface area contributed by atoms with Crippen molar-refractivity contribution in [1.82, 2.24) is 0 Å².